The molecule has 0 aliphatic carbocycles. The first-order valence-electron chi connectivity index (χ1n) is 5.76. The smallest absolute Gasteiger partial charge is 0.250 e. The van der Waals surface area contributed by atoms with Crippen LogP contribution in [0.5, 0.6) is 5.75 Å². The van der Waals surface area contributed by atoms with Gasteiger partial charge in [-0.1, -0.05) is 42.8 Å². The van der Waals surface area contributed by atoms with Crippen molar-refractivity contribution in [1.29, 1.82) is 0 Å². The van der Waals surface area contributed by atoms with Crippen LogP contribution in [0.3, 0.4) is 0 Å². The first-order valence-corrected chi connectivity index (χ1v) is 9.46. The highest BCUT2D eigenvalue weighted by Crippen LogP contribution is 2.38. The fraction of sp³-hybridized carbons (Fsp3) is 0.538. The van der Waals surface area contributed by atoms with Gasteiger partial charge in [0.2, 0.25) is 8.32 Å². The second kappa shape index (κ2) is 5.12. The Bertz CT molecular complexity index is 397. The molecule has 0 unspecified atom stereocenters. The molecule has 1 aromatic rings. The van der Waals surface area contributed by atoms with Gasteiger partial charge in [-0.25, -0.2) is 0 Å². The van der Waals surface area contributed by atoms with Gasteiger partial charge in [0.15, 0.2) is 0 Å². The van der Waals surface area contributed by atoms with Crippen molar-refractivity contribution < 1.29 is 9.53 Å². The average Bonchev–Trinajstić information content (AvgIpc) is 2.15. The van der Waals surface area contributed by atoms with Crippen LogP contribution in [0.25, 0.3) is 0 Å². The van der Waals surface area contributed by atoms with Crippen LogP contribution < -0.4 is 4.43 Å². The monoisotopic (exact) mass is 316 g/mol. The van der Waals surface area contributed by atoms with Crippen molar-refractivity contribution in [3.05, 3.63) is 28.2 Å². The van der Waals surface area contributed by atoms with E-state index in [0.29, 0.717) is 0 Å². The lowest BCUT2D eigenvalue weighted by Gasteiger charge is -2.36. The third kappa shape index (κ3) is 3.57. The lowest BCUT2D eigenvalue weighted by molar-refractivity contribution is 0.281. The number of hydrogen-bond acceptors (Lipinski definition) is 2. The summed E-state index contributed by atoms with van der Waals surface area (Å²) in [7, 11) is -1.78. The third-order valence-electron chi connectivity index (χ3n) is 3.37. The minimum Gasteiger partial charge on any atom is -0.543 e. The highest BCUT2D eigenvalue weighted by Gasteiger charge is 2.38. The van der Waals surface area contributed by atoms with Crippen molar-refractivity contribution in [2.75, 3.05) is 0 Å². The molecule has 0 aliphatic rings. The van der Waals surface area contributed by atoms with Gasteiger partial charge in [-0.15, -0.1) is 0 Å². The van der Waals surface area contributed by atoms with Crippen molar-refractivity contribution in [3.63, 3.8) is 0 Å². The minimum absolute atomic E-state index is 0.0426. The maximum absolute atomic E-state index is 9.11. The van der Waals surface area contributed by atoms with Gasteiger partial charge in [-0.2, -0.15) is 0 Å². The van der Waals surface area contributed by atoms with E-state index in [2.05, 4.69) is 49.8 Å². The van der Waals surface area contributed by atoms with Gasteiger partial charge < -0.3 is 9.53 Å². The predicted octanol–water partition coefficient (Wildman–Crippen LogP) is 4.33. The van der Waals surface area contributed by atoms with E-state index in [9.17, 15) is 0 Å². The van der Waals surface area contributed by atoms with Gasteiger partial charge in [0.25, 0.3) is 0 Å². The second-order valence-electron chi connectivity index (χ2n) is 5.77. The molecule has 0 fully saturated rings. The molecule has 1 aromatic carbocycles. The van der Waals surface area contributed by atoms with Gasteiger partial charge in [0.05, 0.1) is 6.61 Å². The Balaban J connectivity index is 2.93. The zero-order chi connectivity index (χ0) is 13.3. The number of rotatable bonds is 3. The van der Waals surface area contributed by atoms with Gasteiger partial charge >= 0.3 is 0 Å². The topological polar surface area (TPSA) is 29.5 Å². The predicted molar refractivity (Wildman–Crippen MR) is 77.9 cm³/mol. The van der Waals surface area contributed by atoms with Crippen molar-refractivity contribution in [3.8, 4) is 5.75 Å². The van der Waals surface area contributed by atoms with Crippen molar-refractivity contribution in [2.45, 2.75) is 45.5 Å². The molecule has 0 bridgehead atoms. The zero-order valence-corrected chi connectivity index (χ0v) is 13.8. The Morgan fingerprint density at radius 2 is 1.88 bits per heavy atom. The van der Waals surface area contributed by atoms with Crippen LogP contribution in [-0.4, -0.2) is 13.4 Å². The molecule has 0 saturated carbocycles. The normalized spacial score (nSPS) is 12.6. The Hall–Kier alpha value is -0.323. The summed E-state index contributed by atoms with van der Waals surface area (Å²) in [5, 5.41) is 9.30. The third-order valence-corrected chi connectivity index (χ3v) is 8.47. The zero-order valence-electron chi connectivity index (χ0n) is 11.2. The molecule has 0 saturated heterocycles. The first kappa shape index (κ1) is 14.7. The van der Waals surface area contributed by atoms with Crippen molar-refractivity contribution in [1.82, 2.24) is 0 Å². The molecular formula is C13H21BrO2Si. The van der Waals surface area contributed by atoms with E-state index in [-0.39, 0.29) is 11.6 Å². The summed E-state index contributed by atoms with van der Waals surface area (Å²) < 4.78 is 7.07. The molecule has 96 valence electrons. The largest absolute Gasteiger partial charge is 0.543 e. The van der Waals surface area contributed by atoms with Crippen LogP contribution in [0, 0.1) is 0 Å². The van der Waals surface area contributed by atoms with Crippen LogP contribution in [0.15, 0.2) is 22.7 Å². The summed E-state index contributed by atoms with van der Waals surface area (Å²) in [4.78, 5) is 0. The SMILES string of the molecule is CC(C)(C)[Si](C)(C)Oc1ccc(CO)c(Br)c1. The minimum atomic E-state index is -1.78. The Kier molecular flexibility index (Phi) is 4.44. The molecule has 17 heavy (non-hydrogen) atoms. The van der Waals surface area contributed by atoms with Crippen LogP contribution >= 0.6 is 15.9 Å². The van der Waals surface area contributed by atoms with E-state index >= 15 is 0 Å². The van der Waals surface area contributed by atoms with Crippen molar-refractivity contribution in [2.24, 2.45) is 0 Å². The number of halogens is 1. The Morgan fingerprint density at radius 1 is 1.29 bits per heavy atom. The second-order valence-corrected chi connectivity index (χ2v) is 11.4. The molecule has 0 amide bonds. The van der Waals surface area contributed by atoms with Gasteiger partial charge in [0, 0.05) is 4.47 Å². The summed E-state index contributed by atoms with van der Waals surface area (Å²) in [6, 6.07) is 5.76. The van der Waals surface area contributed by atoms with Gasteiger partial charge in [-0.05, 0) is 35.8 Å². The van der Waals surface area contributed by atoms with E-state index in [1.165, 1.54) is 0 Å². The molecule has 1 N–H and O–H groups in total. The highest BCUT2D eigenvalue weighted by atomic mass is 79.9. The quantitative estimate of drug-likeness (QED) is 0.841. The Labute approximate surface area is 113 Å². The van der Waals surface area contributed by atoms with E-state index in [4.69, 9.17) is 9.53 Å². The Morgan fingerprint density at radius 3 is 2.29 bits per heavy atom. The maximum atomic E-state index is 9.11. The van der Waals surface area contributed by atoms with Gasteiger partial charge in [-0.3, -0.25) is 0 Å². The lowest BCUT2D eigenvalue weighted by atomic mass is 10.2. The molecule has 0 heterocycles. The molecule has 4 heteroatoms. The molecule has 0 atom stereocenters. The first-order chi connectivity index (χ1) is 7.67. The molecule has 1 rings (SSSR count). The highest BCUT2D eigenvalue weighted by molar-refractivity contribution is 9.10. The number of benzene rings is 1. The van der Waals surface area contributed by atoms with Crippen LogP contribution in [-0.2, 0) is 6.61 Å². The molecular weight excluding hydrogens is 296 g/mol. The number of aliphatic hydroxyl groups excluding tert-OH is 1. The summed E-state index contributed by atoms with van der Waals surface area (Å²) in [5.74, 6) is 0.876. The van der Waals surface area contributed by atoms with E-state index in [1.54, 1.807) is 0 Å². The van der Waals surface area contributed by atoms with Crippen LogP contribution in [0.1, 0.15) is 26.3 Å². The van der Waals surface area contributed by atoms with Gasteiger partial charge in [0.1, 0.15) is 5.75 Å². The van der Waals surface area contributed by atoms with E-state index in [0.717, 1.165) is 15.8 Å². The molecule has 2 nitrogen and oxygen atoms in total. The fourth-order valence-electron chi connectivity index (χ4n) is 1.17. The standard InChI is InChI=1S/C13H21BrO2Si/c1-13(2,3)17(4,5)16-11-7-6-10(9-15)12(14)8-11/h6-8,15H,9H2,1-5H3. The van der Waals surface area contributed by atoms with E-state index in [1.807, 2.05) is 18.2 Å². The summed E-state index contributed by atoms with van der Waals surface area (Å²) in [6.07, 6.45) is 0. The van der Waals surface area contributed by atoms with Crippen LogP contribution in [0.4, 0.5) is 0 Å². The summed E-state index contributed by atoms with van der Waals surface area (Å²) >= 11 is 3.44. The molecule has 0 aromatic heterocycles. The molecule has 0 spiro atoms. The fourth-order valence-corrected chi connectivity index (χ4v) is 2.67. The van der Waals surface area contributed by atoms with E-state index < -0.39 is 8.32 Å². The molecule has 0 radical (unpaired) electrons. The number of hydrogen-bond donors (Lipinski definition) is 1. The van der Waals surface area contributed by atoms with Crippen molar-refractivity contribution >= 4 is 24.2 Å². The average molecular weight is 317 g/mol. The summed E-state index contributed by atoms with van der Waals surface area (Å²) in [5.41, 5.74) is 0.882. The van der Waals surface area contributed by atoms with Crippen LogP contribution in [0.2, 0.25) is 18.1 Å². The summed E-state index contributed by atoms with van der Waals surface area (Å²) in [6.45, 7) is 11.1. The maximum Gasteiger partial charge on any atom is 0.250 e. The molecule has 0 aliphatic heterocycles. The lowest BCUT2D eigenvalue weighted by Crippen LogP contribution is -2.43. The number of aliphatic hydroxyl groups is 1.